The van der Waals surface area contributed by atoms with Gasteiger partial charge in [0.05, 0.1) is 6.10 Å². The van der Waals surface area contributed by atoms with Gasteiger partial charge in [-0.2, -0.15) is 0 Å². The third-order valence-corrected chi connectivity index (χ3v) is 6.54. The number of rotatable bonds is 4. The minimum Gasteiger partial charge on any atom is -0.377 e. The molecule has 1 spiro atoms. The number of guanidine groups is 1. The molecular formula is C20H29FIN3O. The summed E-state index contributed by atoms with van der Waals surface area (Å²) in [6.07, 6.45) is 6.36. The van der Waals surface area contributed by atoms with Crippen molar-refractivity contribution in [3.8, 4) is 0 Å². The summed E-state index contributed by atoms with van der Waals surface area (Å²) in [4.78, 5) is 4.41. The van der Waals surface area contributed by atoms with Crippen LogP contribution in [0.4, 0.5) is 4.39 Å². The highest BCUT2D eigenvalue weighted by Crippen LogP contribution is 2.62. The predicted octanol–water partition coefficient (Wildman–Crippen LogP) is 3.42. The number of nitrogens with zero attached hydrogens (tertiary/aromatic N) is 1. The minimum absolute atomic E-state index is 0. The Morgan fingerprint density at radius 3 is 2.85 bits per heavy atom. The standard InChI is InChI=1S/C20H28FN3O.HI/c1-13-12-15(21)5-4-14(13)6-10-23-19(22-2)24-17-16-7-11-25-18(16)20(17)8-3-9-20;/h4-5,12,16-18H,3,6-11H2,1-2H3,(H2,22,23,24);1H. The van der Waals surface area contributed by atoms with Crippen LogP contribution in [0, 0.1) is 24.1 Å². The van der Waals surface area contributed by atoms with Gasteiger partial charge in [0, 0.05) is 37.6 Å². The Labute approximate surface area is 172 Å². The molecule has 2 N–H and O–H groups in total. The van der Waals surface area contributed by atoms with Crippen LogP contribution in [0.15, 0.2) is 23.2 Å². The van der Waals surface area contributed by atoms with Crippen LogP contribution >= 0.6 is 24.0 Å². The average molecular weight is 473 g/mol. The number of hydrogen-bond acceptors (Lipinski definition) is 2. The van der Waals surface area contributed by atoms with Crippen molar-refractivity contribution in [2.24, 2.45) is 16.3 Å². The Bertz CT molecular complexity index is 677. The molecule has 0 radical (unpaired) electrons. The summed E-state index contributed by atoms with van der Waals surface area (Å²) in [7, 11) is 1.83. The molecule has 0 aromatic heterocycles. The first-order chi connectivity index (χ1) is 12.1. The van der Waals surface area contributed by atoms with Crippen LogP contribution in [0.3, 0.4) is 0 Å². The van der Waals surface area contributed by atoms with Crippen molar-refractivity contribution in [3.05, 3.63) is 35.1 Å². The maximum absolute atomic E-state index is 13.2. The molecule has 1 aromatic rings. The van der Waals surface area contributed by atoms with E-state index in [-0.39, 0.29) is 29.8 Å². The fraction of sp³-hybridized carbons (Fsp3) is 0.650. The smallest absolute Gasteiger partial charge is 0.191 e. The van der Waals surface area contributed by atoms with Crippen molar-refractivity contribution >= 4 is 29.9 Å². The molecule has 4 nitrogen and oxygen atoms in total. The molecule has 4 rings (SSSR count). The topological polar surface area (TPSA) is 45.7 Å². The molecule has 1 aromatic carbocycles. The van der Waals surface area contributed by atoms with Gasteiger partial charge in [0.25, 0.3) is 0 Å². The average Bonchev–Trinajstić information content (AvgIpc) is 2.96. The van der Waals surface area contributed by atoms with Gasteiger partial charge in [0.2, 0.25) is 0 Å². The van der Waals surface area contributed by atoms with Crippen molar-refractivity contribution in [3.63, 3.8) is 0 Å². The summed E-state index contributed by atoms with van der Waals surface area (Å²) in [5, 5.41) is 7.11. The van der Waals surface area contributed by atoms with Gasteiger partial charge in [-0.25, -0.2) is 4.39 Å². The molecule has 2 aliphatic carbocycles. The highest BCUT2D eigenvalue weighted by Gasteiger charge is 2.66. The molecule has 3 aliphatic rings. The van der Waals surface area contributed by atoms with Crippen LogP contribution < -0.4 is 10.6 Å². The summed E-state index contributed by atoms with van der Waals surface area (Å²) in [5.41, 5.74) is 2.53. The van der Waals surface area contributed by atoms with E-state index < -0.39 is 0 Å². The Kier molecular flexibility index (Phi) is 6.11. The van der Waals surface area contributed by atoms with Crippen LogP contribution in [0.25, 0.3) is 0 Å². The molecule has 26 heavy (non-hydrogen) atoms. The quantitative estimate of drug-likeness (QED) is 0.401. The van der Waals surface area contributed by atoms with Crippen LogP contribution in [0.5, 0.6) is 0 Å². The van der Waals surface area contributed by atoms with Gasteiger partial charge in [0.1, 0.15) is 5.82 Å². The first-order valence-electron chi connectivity index (χ1n) is 9.48. The van der Waals surface area contributed by atoms with E-state index in [4.69, 9.17) is 4.74 Å². The lowest BCUT2D eigenvalue weighted by molar-refractivity contribution is -0.171. The summed E-state index contributed by atoms with van der Waals surface area (Å²) in [5.74, 6) is 1.34. The highest BCUT2D eigenvalue weighted by molar-refractivity contribution is 14.0. The molecule has 3 atom stereocenters. The molecular weight excluding hydrogens is 444 g/mol. The summed E-state index contributed by atoms with van der Waals surface area (Å²) in [6, 6.07) is 5.49. The van der Waals surface area contributed by atoms with E-state index in [0.717, 1.165) is 37.5 Å². The Morgan fingerprint density at radius 2 is 2.19 bits per heavy atom. The van der Waals surface area contributed by atoms with Gasteiger partial charge in [-0.3, -0.25) is 4.99 Å². The zero-order valence-electron chi connectivity index (χ0n) is 15.6. The largest absolute Gasteiger partial charge is 0.377 e. The van der Waals surface area contributed by atoms with Gasteiger partial charge in [-0.15, -0.1) is 24.0 Å². The van der Waals surface area contributed by atoms with Crippen molar-refractivity contribution < 1.29 is 9.13 Å². The van der Waals surface area contributed by atoms with Crippen molar-refractivity contribution in [1.82, 2.24) is 10.6 Å². The SMILES string of the molecule is CN=C(NCCc1ccc(F)cc1C)NC1C2CCOC2C12CCC2.I. The summed E-state index contributed by atoms with van der Waals surface area (Å²) < 4.78 is 19.2. The maximum atomic E-state index is 13.2. The van der Waals surface area contributed by atoms with E-state index in [1.54, 1.807) is 6.07 Å². The van der Waals surface area contributed by atoms with Gasteiger partial charge in [-0.05, 0) is 55.9 Å². The number of fused-ring (bicyclic) bond motifs is 2. The minimum atomic E-state index is -0.171. The zero-order valence-corrected chi connectivity index (χ0v) is 17.9. The summed E-state index contributed by atoms with van der Waals surface area (Å²) >= 11 is 0. The third-order valence-electron chi connectivity index (χ3n) is 6.54. The van der Waals surface area contributed by atoms with Gasteiger partial charge in [0.15, 0.2) is 5.96 Å². The predicted molar refractivity (Wildman–Crippen MR) is 113 cm³/mol. The molecule has 1 heterocycles. The van der Waals surface area contributed by atoms with Crippen LogP contribution in [0.1, 0.15) is 36.8 Å². The first kappa shape index (κ1) is 19.9. The fourth-order valence-electron chi connectivity index (χ4n) is 5.05. The van der Waals surface area contributed by atoms with E-state index in [2.05, 4.69) is 15.6 Å². The second-order valence-electron chi connectivity index (χ2n) is 7.77. The van der Waals surface area contributed by atoms with E-state index >= 15 is 0 Å². The van der Waals surface area contributed by atoms with Crippen molar-refractivity contribution in [2.45, 2.75) is 51.2 Å². The lowest BCUT2D eigenvalue weighted by Gasteiger charge is -2.63. The molecule has 1 saturated heterocycles. The molecule has 1 aliphatic heterocycles. The Balaban J connectivity index is 0.00000196. The number of hydrogen-bond donors (Lipinski definition) is 2. The molecule has 6 heteroatoms. The fourth-order valence-corrected chi connectivity index (χ4v) is 5.05. The Morgan fingerprint density at radius 1 is 1.38 bits per heavy atom. The van der Waals surface area contributed by atoms with Gasteiger partial charge < -0.3 is 15.4 Å². The normalized spacial score (nSPS) is 28.6. The van der Waals surface area contributed by atoms with E-state index in [1.807, 2.05) is 20.0 Å². The second-order valence-corrected chi connectivity index (χ2v) is 7.77. The third kappa shape index (κ3) is 3.35. The molecule has 2 saturated carbocycles. The van der Waals surface area contributed by atoms with E-state index in [9.17, 15) is 4.39 Å². The summed E-state index contributed by atoms with van der Waals surface area (Å²) in [6.45, 7) is 3.65. The molecule has 0 bridgehead atoms. The number of halogens is 2. The number of aliphatic imine (C=N–C) groups is 1. The number of benzene rings is 1. The molecule has 3 fully saturated rings. The molecule has 144 valence electrons. The maximum Gasteiger partial charge on any atom is 0.191 e. The van der Waals surface area contributed by atoms with Crippen LogP contribution in [-0.4, -0.2) is 38.3 Å². The Hall–Kier alpha value is -0.890. The van der Waals surface area contributed by atoms with Crippen molar-refractivity contribution in [2.75, 3.05) is 20.2 Å². The highest BCUT2D eigenvalue weighted by atomic mass is 127. The van der Waals surface area contributed by atoms with E-state index in [1.165, 1.54) is 30.9 Å². The first-order valence-corrected chi connectivity index (χ1v) is 9.48. The van der Waals surface area contributed by atoms with E-state index in [0.29, 0.717) is 23.5 Å². The lowest BCUT2D eigenvalue weighted by atomic mass is 9.46. The second kappa shape index (κ2) is 8.00. The van der Waals surface area contributed by atoms with Crippen LogP contribution in [-0.2, 0) is 11.2 Å². The lowest BCUT2D eigenvalue weighted by Crippen LogP contribution is -2.72. The monoisotopic (exact) mass is 473 g/mol. The van der Waals surface area contributed by atoms with Crippen LogP contribution in [0.2, 0.25) is 0 Å². The number of aryl methyl sites for hydroxylation is 1. The number of ether oxygens (including phenoxy) is 1. The van der Waals surface area contributed by atoms with Gasteiger partial charge in [-0.1, -0.05) is 12.5 Å². The molecule has 0 amide bonds. The molecule has 3 unspecified atom stereocenters. The van der Waals surface area contributed by atoms with Crippen molar-refractivity contribution in [1.29, 1.82) is 0 Å². The zero-order chi connectivity index (χ0) is 17.4. The van der Waals surface area contributed by atoms with Gasteiger partial charge >= 0.3 is 0 Å². The number of nitrogens with one attached hydrogen (secondary N) is 2.